The lowest BCUT2D eigenvalue weighted by Gasteiger charge is -2.29. The first-order valence-corrected chi connectivity index (χ1v) is 6.73. The predicted octanol–water partition coefficient (Wildman–Crippen LogP) is 3.99. The fraction of sp³-hybridized carbons (Fsp3) is 0.308. The molecule has 1 N–H and O–H groups in total. The maximum Gasteiger partial charge on any atom is 0.412 e. The van der Waals surface area contributed by atoms with Gasteiger partial charge in [-0.1, -0.05) is 6.08 Å². The molecule has 0 fully saturated rings. The Morgan fingerprint density at radius 2 is 2.00 bits per heavy atom. The molecule has 0 aromatic heterocycles. The first kappa shape index (κ1) is 15.8. The second-order valence-corrected chi connectivity index (χ2v) is 5.28. The average molecular weight is 368 g/mol. The van der Waals surface area contributed by atoms with E-state index in [2.05, 4.69) is 15.9 Å². The van der Waals surface area contributed by atoms with Crippen molar-refractivity contribution in [3.63, 3.8) is 0 Å². The van der Waals surface area contributed by atoms with Gasteiger partial charge in [-0.05, 0) is 34.5 Å². The Morgan fingerprint density at radius 3 is 2.48 bits per heavy atom. The van der Waals surface area contributed by atoms with Gasteiger partial charge < -0.3 is 10.0 Å². The van der Waals surface area contributed by atoms with Crippen LogP contribution in [0.25, 0.3) is 0 Å². The first-order valence-electron chi connectivity index (χ1n) is 5.94. The van der Waals surface area contributed by atoms with Crippen molar-refractivity contribution in [2.75, 3.05) is 18.0 Å². The van der Waals surface area contributed by atoms with Crippen molar-refractivity contribution in [2.45, 2.75) is 12.6 Å². The third kappa shape index (κ3) is 3.20. The minimum atomic E-state index is -4.36. The molecule has 1 aromatic rings. The molecule has 8 heteroatoms. The van der Waals surface area contributed by atoms with Crippen molar-refractivity contribution >= 4 is 27.6 Å². The fourth-order valence-electron chi connectivity index (χ4n) is 2.09. The lowest BCUT2D eigenvalue weighted by Crippen LogP contribution is -2.32. The zero-order valence-electron chi connectivity index (χ0n) is 10.5. The van der Waals surface area contributed by atoms with E-state index >= 15 is 0 Å². The smallest absolute Gasteiger partial charge is 0.412 e. The number of hydrogen-bond acceptors (Lipinski definition) is 2. The summed E-state index contributed by atoms with van der Waals surface area (Å²) in [5.74, 6) is -2.08. The number of hydrogen-bond donors (Lipinski definition) is 1. The summed E-state index contributed by atoms with van der Waals surface area (Å²) in [6.07, 6.45) is -3.58. The van der Waals surface area contributed by atoms with Crippen LogP contribution in [-0.4, -0.2) is 30.3 Å². The van der Waals surface area contributed by atoms with Gasteiger partial charge in [0, 0.05) is 18.7 Å². The Morgan fingerprint density at radius 1 is 1.33 bits per heavy atom. The maximum absolute atomic E-state index is 14.1. The molecule has 21 heavy (non-hydrogen) atoms. The molecule has 0 bridgehead atoms. The lowest BCUT2D eigenvalue weighted by atomic mass is 10.1. The number of halogens is 5. The zero-order valence-corrected chi connectivity index (χ0v) is 12.1. The number of anilines is 1. The van der Waals surface area contributed by atoms with Crippen molar-refractivity contribution in [3.8, 4) is 0 Å². The molecule has 0 saturated carbocycles. The summed E-state index contributed by atoms with van der Waals surface area (Å²) < 4.78 is 51.5. The average Bonchev–Trinajstić information content (AvgIpc) is 2.40. The van der Waals surface area contributed by atoms with E-state index in [0.29, 0.717) is 0 Å². The highest BCUT2D eigenvalue weighted by Crippen LogP contribution is 2.34. The van der Waals surface area contributed by atoms with Gasteiger partial charge in [-0.25, -0.2) is 9.18 Å². The quantitative estimate of drug-likeness (QED) is 0.634. The van der Waals surface area contributed by atoms with Gasteiger partial charge in [0.25, 0.3) is 0 Å². The van der Waals surface area contributed by atoms with Gasteiger partial charge in [-0.15, -0.1) is 0 Å². The van der Waals surface area contributed by atoms with Gasteiger partial charge in [0.05, 0.1) is 15.7 Å². The summed E-state index contributed by atoms with van der Waals surface area (Å²) in [6.45, 7) is -0.0637. The van der Waals surface area contributed by atoms with Crippen LogP contribution >= 0.6 is 15.9 Å². The summed E-state index contributed by atoms with van der Waals surface area (Å²) >= 11 is 2.86. The highest BCUT2D eigenvalue weighted by molar-refractivity contribution is 9.10. The third-order valence-corrected chi connectivity index (χ3v) is 3.98. The van der Waals surface area contributed by atoms with Gasteiger partial charge in [0.1, 0.15) is 0 Å². The zero-order chi connectivity index (χ0) is 15.8. The summed E-state index contributed by atoms with van der Waals surface area (Å²) in [6, 6.07) is 2.48. The minimum absolute atomic E-state index is 0.0150. The Hall–Kier alpha value is -1.57. The highest BCUT2D eigenvalue weighted by atomic mass is 79.9. The van der Waals surface area contributed by atoms with Crippen LogP contribution in [0.2, 0.25) is 0 Å². The van der Waals surface area contributed by atoms with Crippen LogP contribution in [0, 0.1) is 5.82 Å². The van der Waals surface area contributed by atoms with Gasteiger partial charge >= 0.3 is 12.1 Å². The van der Waals surface area contributed by atoms with Crippen molar-refractivity contribution in [3.05, 3.63) is 39.6 Å². The van der Waals surface area contributed by atoms with Crippen LogP contribution in [0.4, 0.5) is 23.2 Å². The highest BCUT2D eigenvalue weighted by Gasteiger charge is 2.35. The molecule has 0 saturated heterocycles. The molecule has 0 unspecified atom stereocenters. The van der Waals surface area contributed by atoms with Crippen molar-refractivity contribution in [2.24, 2.45) is 0 Å². The van der Waals surface area contributed by atoms with Crippen LogP contribution in [0.15, 0.2) is 28.3 Å². The van der Waals surface area contributed by atoms with E-state index < -0.39 is 23.5 Å². The molecule has 1 heterocycles. The summed E-state index contributed by atoms with van der Waals surface area (Å²) in [7, 11) is 0. The van der Waals surface area contributed by atoms with E-state index in [9.17, 15) is 22.4 Å². The molecule has 0 amide bonds. The number of nitrogens with zero attached hydrogens (tertiary/aromatic N) is 1. The fourth-order valence-corrected chi connectivity index (χ4v) is 2.60. The SMILES string of the molecule is O=C(O)c1ccc(N2CC=C(C(F)(F)F)CC2)c(F)c1Br. The molecular weight excluding hydrogens is 358 g/mol. The first-order chi connectivity index (χ1) is 9.71. The Labute approximate surface area is 126 Å². The number of aromatic carboxylic acids is 1. The summed E-state index contributed by atoms with van der Waals surface area (Å²) in [5.41, 5.74) is -0.787. The minimum Gasteiger partial charge on any atom is -0.478 e. The van der Waals surface area contributed by atoms with Crippen LogP contribution < -0.4 is 4.90 Å². The summed E-state index contributed by atoms with van der Waals surface area (Å²) in [4.78, 5) is 12.3. The van der Waals surface area contributed by atoms with E-state index in [-0.39, 0.29) is 35.2 Å². The van der Waals surface area contributed by atoms with Crippen molar-refractivity contribution < 1.29 is 27.5 Å². The molecule has 1 aliphatic heterocycles. The van der Waals surface area contributed by atoms with Crippen molar-refractivity contribution in [1.82, 2.24) is 0 Å². The molecule has 0 atom stereocenters. The number of carbonyl (C=O) groups is 1. The van der Waals surface area contributed by atoms with Crippen LogP contribution in [0.1, 0.15) is 16.8 Å². The van der Waals surface area contributed by atoms with Crippen LogP contribution in [0.5, 0.6) is 0 Å². The van der Waals surface area contributed by atoms with Crippen LogP contribution in [-0.2, 0) is 0 Å². The number of benzene rings is 1. The van der Waals surface area contributed by atoms with E-state index in [1.165, 1.54) is 17.0 Å². The van der Waals surface area contributed by atoms with E-state index in [1.54, 1.807) is 0 Å². The second kappa shape index (κ2) is 5.67. The van der Waals surface area contributed by atoms with E-state index in [0.717, 1.165) is 6.08 Å². The monoisotopic (exact) mass is 367 g/mol. The Kier molecular flexibility index (Phi) is 4.27. The Balaban J connectivity index is 2.28. The van der Waals surface area contributed by atoms with E-state index in [4.69, 9.17) is 5.11 Å². The number of alkyl halides is 3. The third-order valence-electron chi connectivity index (χ3n) is 3.21. The van der Waals surface area contributed by atoms with Gasteiger partial charge in [-0.3, -0.25) is 0 Å². The summed E-state index contributed by atoms with van der Waals surface area (Å²) in [5, 5.41) is 8.87. The molecule has 1 aromatic carbocycles. The standard InChI is InChI=1S/C13H10BrF4NO2/c14-10-8(12(20)21)1-2-9(11(10)15)19-5-3-7(4-6-19)13(16,17)18/h1-3H,4-6H2,(H,20,21). The van der Waals surface area contributed by atoms with E-state index in [1.807, 2.05) is 0 Å². The molecule has 0 spiro atoms. The molecule has 0 aliphatic carbocycles. The molecule has 114 valence electrons. The second-order valence-electron chi connectivity index (χ2n) is 4.49. The maximum atomic E-state index is 14.1. The molecular formula is C13H10BrF4NO2. The normalized spacial score (nSPS) is 15.9. The number of carboxylic acids is 1. The molecule has 1 aliphatic rings. The van der Waals surface area contributed by atoms with Gasteiger partial charge in [0.2, 0.25) is 0 Å². The number of rotatable bonds is 2. The topological polar surface area (TPSA) is 40.5 Å². The van der Waals surface area contributed by atoms with Crippen molar-refractivity contribution in [1.29, 1.82) is 0 Å². The van der Waals surface area contributed by atoms with Gasteiger partial charge in [-0.2, -0.15) is 13.2 Å². The molecule has 0 radical (unpaired) electrons. The Bertz CT molecular complexity index is 613. The van der Waals surface area contributed by atoms with Crippen LogP contribution in [0.3, 0.4) is 0 Å². The lowest BCUT2D eigenvalue weighted by molar-refractivity contribution is -0.0944. The molecule has 2 rings (SSSR count). The number of carboxylic acid groups (broad SMARTS) is 1. The van der Waals surface area contributed by atoms with Gasteiger partial charge in [0.15, 0.2) is 5.82 Å². The molecule has 3 nitrogen and oxygen atoms in total. The predicted molar refractivity (Wildman–Crippen MR) is 72.0 cm³/mol. The largest absolute Gasteiger partial charge is 0.478 e.